The van der Waals surface area contributed by atoms with E-state index in [0.29, 0.717) is 0 Å². The van der Waals surface area contributed by atoms with Gasteiger partial charge in [0.1, 0.15) is 0 Å². The van der Waals surface area contributed by atoms with Crippen LogP contribution in [0.2, 0.25) is 0 Å². The number of carbonyl (C=O) groups is 1. The molecule has 1 aromatic heterocycles. The summed E-state index contributed by atoms with van der Waals surface area (Å²) in [6, 6.07) is 8.66. The van der Waals surface area contributed by atoms with Crippen LogP contribution in [-0.2, 0) is 14.1 Å². The number of nitrogens with zero attached hydrogens (tertiary/aromatic N) is 2. The van der Waals surface area contributed by atoms with Crippen LogP contribution in [0.15, 0.2) is 42.7 Å². The first-order valence-corrected chi connectivity index (χ1v) is 7.95. The van der Waals surface area contributed by atoms with Crippen LogP contribution < -0.4 is 11.2 Å². The molecule has 0 radical (unpaired) electrons. The van der Waals surface area contributed by atoms with Crippen LogP contribution in [0, 0.1) is 0 Å². The van der Waals surface area contributed by atoms with Gasteiger partial charge in [0.2, 0.25) is 5.91 Å². The minimum absolute atomic E-state index is 0.428. The third-order valence-electron chi connectivity index (χ3n) is 4.80. The molecule has 2 N–H and O–H groups in total. The van der Waals surface area contributed by atoms with E-state index in [1.807, 2.05) is 58.0 Å². The Balaban J connectivity index is 1.89. The second kappa shape index (κ2) is 5.75. The van der Waals surface area contributed by atoms with Crippen LogP contribution in [0.25, 0.3) is 0 Å². The summed E-state index contributed by atoms with van der Waals surface area (Å²) in [6.07, 6.45) is 3.41. The summed E-state index contributed by atoms with van der Waals surface area (Å²) in [4.78, 5) is 11.9. The van der Waals surface area contributed by atoms with E-state index in [1.165, 1.54) is 0 Å². The molecule has 1 aliphatic heterocycles. The van der Waals surface area contributed by atoms with Crippen LogP contribution >= 0.6 is 0 Å². The Morgan fingerprint density at radius 2 is 1.75 bits per heavy atom. The maximum absolute atomic E-state index is 11.9. The van der Waals surface area contributed by atoms with Crippen molar-refractivity contribution in [2.75, 3.05) is 0 Å². The quantitative estimate of drug-likeness (QED) is 0.858. The van der Waals surface area contributed by atoms with Gasteiger partial charge in [0.15, 0.2) is 6.04 Å². The van der Waals surface area contributed by atoms with Gasteiger partial charge in [0.05, 0.1) is 11.2 Å². The monoisotopic (exact) mass is 327 g/mol. The fraction of sp³-hybridized carbons (Fsp3) is 0.412. The summed E-state index contributed by atoms with van der Waals surface area (Å²) in [5.41, 5.74) is 6.28. The van der Waals surface area contributed by atoms with Gasteiger partial charge in [-0.3, -0.25) is 9.48 Å². The van der Waals surface area contributed by atoms with Crippen molar-refractivity contribution >= 4 is 18.5 Å². The van der Waals surface area contributed by atoms with Crippen LogP contribution in [0.4, 0.5) is 0 Å². The van der Waals surface area contributed by atoms with Crippen LogP contribution in [0.5, 0.6) is 0 Å². The molecule has 7 heteroatoms. The lowest BCUT2D eigenvalue weighted by atomic mass is 9.82. The van der Waals surface area contributed by atoms with Crippen LogP contribution in [0.1, 0.15) is 39.3 Å². The van der Waals surface area contributed by atoms with Gasteiger partial charge >= 0.3 is 7.12 Å². The molecular formula is C17H22BN3O3. The Hall–Kier alpha value is -2.12. The molecule has 2 aromatic rings. The van der Waals surface area contributed by atoms with E-state index in [-0.39, 0.29) is 0 Å². The predicted octanol–water partition coefficient (Wildman–Crippen LogP) is 1.26. The van der Waals surface area contributed by atoms with Gasteiger partial charge in [0.25, 0.3) is 0 Å². The Kier molecular flexibility index (Phi) is 4.01. The Bertz CT molecular complexity index is 727. The number of hydrogen-bond acceptors (Lipinski definition) is 4. The van der Waals surface area contributed by atoms with E-state index in [9.17, 15) is 4.79 Å². The summed E-state index contributed by atoms with van der Waals surface area (Å²) in [5, 5.41) is 4.31. The van der Waals surface area contributed by atoms with Gasteiger partial charge in [-0.05, 0) is 33.3 Å². The lowest BCUT2D eigenvalue weighted by Gasteiger charge is -2.32. The van der Waals surface area contributed by atoms with E-state index < -0.39 is 30.3 Å². The predicted molar refractivity (Wildman–Crippen MR) is 91.7 cm³/mol. The van der Waals surface area contributed by atoms with E-state index in [1.54, 1.807) is 17.1 Å². The van der Waals surface area contributed by atoms with Gasteiger partial charge in [0, 0.05) is 17.9 Å². The average molecular weight is 327 g/mol. The summed E-state index contributed by atoms with van der Waals surface area (Å²) in [7, 11) is -0.520. The normalized spacial score (nSPS) is 20.1. The van der Waals surface area contributed by atoms with Gasteiger partial charge < -0.3 is 15.0 Å². The first-order chi connectivity index (χ1) is 11.2. The molecule has 1 saturated heterocycles. The van der Waals surface area contributed by atoms with Crippen LogP contribution in [0.3, 0.4) is 0 Å². The average Bonchev–Trinajstić information content (AvgIpc) is 3.03. The largest absolute Gasteiger partial charge is 0.498 e. The van der Waals surface area contributed by atoms with E-state index in [2.05, 4.69) is 5.10 Å². The van der Waals surface area contributed by atoms with Crippen molar-refractivity contribution in [3.05, 3.63) is 48.3 Å². The maximum Gasteiger partial charge on any atom is 0.498 e. The topological polar surface area (TPSA) is 79.4 Å². The van der Waals surface area contributed by atoms with Crippen molar-refractivity contribution in [2.45, 2.75) is 44.9 Å². The molecule has 0 spiro atoms. The summed E-state index contributed by atoms with van der Waals surface area (Å²) >= 11 is 0. The number of aromatic nitrogens is 2. The van der Waals surface area contributed by atoms with Crippen molar-refractivity contribution < 1.29 is 14.1 Å². The zero-order valence-corrected chi connectivity index (χ0v) is 14.4. The minimum Gasteiger partial charge on any atom is -0.399 e. The molecule has 0 saturated carbocycles. The molecule has 1 atom stereocenters. The molecule has 3 rings (SSSR count). The second-order valence-electron chi connectivity index (χ2n) is 7.06. The highest BCUT2D eigenvalue weighted by Crippen LogP contribution is 2.36. The highest BCUT2D eigenvalue weighted by molar-refractivity contribution is 6.62. The zero-order valence-electron chi connectivity index (χ0n) is 14.4. The fourth-order valence-electron chi connectivity index (χ4n) is 2.68. The van der Waals surface area contributed by atoms with Crippen LogP contribution in [-0.4, -0.2) is 34.0 Å². The lowest BCUT2D eigenvalue weighted by Crippen LogP contribution is -2.41. The Morgan fingerprint density at radius 1 is 1.17 bits per heavy atom. The van der Waals surface area contributed by atoms with E-state index in [4.69, 9.17) is 15.0 Å². The number of rotatable bonds is 4. The molecule has 1 aromatic carbocycles. The third kappa shape index (κ3) is 2.85. The molecule has 1 amide bonds. The molecular weight excluding hydrogens is 305 g/mol. The lowest BCUT2D eigenvalue weighted by molar-refractivity contribution is -0.120. The van der Waals surface area contributed by atoms with Crippen molar-refractivity contribution in [3.8, 4) is 0 Å². The van der Waals surface area contributed by atoms with Gasteiger partial charge in [-0.15, -0.1) is 0 Å². The standard InChI is InChI=1S/C17H22BN3O3/c1-16(2)17(3,4)24-18(23-16)13-10-20-21(11-13)14(15(19)22)12-8-6-5-7-9-12/h5-11,14H,1-4H3,(H2,19,22)/t14-/m1/s1. The molecule has 0 bridgehead atoms. The number of primary amides is 1. The number of amides is 1. The molecule has 126 valence electrons. The molecule has 2 heterocycles. The Morgan fingerprint density at radius 3 is 2.29 bits per heavy atom. The maximum atomic E-state index is 11.9. The molecule has 6 nitrogen and oxygen atoms in total. The van der Waals surface area contributed by atoms with Crippen molar-refractivity contribution in [2.24, 2.45) is 5.73 Å². The van der Waals surface area contributed by atoms with Crippen molar-refractivity contribution in [3.63, 3.8) is 0 Å². The first-order valence-electron chi connectivity index (χ1n) is 7.95. The number of carbonyl (C=O) groups excluding carboxylic acids is 1. The number of nitrogens with two attached hydrogens (primary N) is 1. The second-order valence-corrected chi connectivity index (χ2v) is 7.06. The smallest absolute Gasteiger partial charge is 0.399 e. The highest BCUT2D eigenvalue weighted by atomic mass is 16.7. The molecule has 0 unspecified atom stereocenters. The Labute approximate surface area is 142 Å². The summed E-state index contributed by atoms with van der Waals surface area (Å²) in [6.45, 7) is 7.97. The SMILES string of the molecule is CC1(C)OB(c2cnn([C@@H](C(N)=O)c3ccccc3)c2)OC1(C)C. The summed E-state index contributed by atoms with van der Waals surface area (Å²) < 4.78 is 13.6. The first kappa shape index (κ1) is 16.7. The minimum atomic E-state index is -0.664. The van der Waals surface area contributed by atoms with Crippen molar-refractivity contribution in [1.29, 1.82) is 0 Å². The summed E-state index contributed by atoms with van der Waals surface area (Å²) in [5.74, 6) is -0.468. The van der Waals surface area contributed by atoms with Gasteiger partial charge in [-0.25, -0.2) is 0 Å². The molecule has 1 fully saturated rings. The number of hydrogen-bond donors (Lipinski definition) is 1. The molecule has 1 aliphatic rings. The van der Waals surface area contributed by atoms with Gasteiger partial charge in [-0.2, -0.15) is 5.10 Å². The highest BCUT2D eigenvalue weighted by Gasteiger charge is 2.52. The zero-order chi connectivity index (χ0) is 17.5. The molecule has 24 heavy (non-hydrogen) atoms. The van der Waals surface area contributed by atoms with Crippen molar-refractivity contribution in [1.82, 2.24) is 9.78 Å². The fourth-order valence-corrected chi connectivity index (χ4v) is 2.68. The van der Waals surface area contributed by atoms with E-state index >= 15 is 0 Å². The van der Waals surface area contributed by atoms with E-state index in [0.717, 1.165) is 11.0 Å². The van der Waals surface area contributed by atoms with Gasteiger partial charge in [-0.1, -0.05) is 30.3 Å². The molecule has 0 aliphatic carbocycles. The third-order valence-corrected chi connectivity index (χ3v) is 4.80. The number of benzene rings is 1.